The van der Waals surface area contributed by atoms with Gasteiger partial charge in [0.15, 0.2) is 5.82 Å². The van der Waals surface area contributed by atoms with E-state index in [0.717, 1.165) is 40.1 Å². The average molecular weight is 433 g/mol. The standard InChI is InChI=1S/C22H19N5O3S/c1-23-21(28)17-10-13(4-7-24-17)12-30-22-19-16(6-9-31-19)20(26-27-22)25-15-2-3-18-14(11-15)5-8-29-18/h2-4,6-7,9-11H,5,8,12H2,1H3,(H,23,28)(H,25,26). The number of thiophene rings is 1. The molecule has 1 aliphatic rings. The van der Waals surface area contributed by atoms with Crippen LogP contribution in [0.5, 0.6) is 11.6 Å². The lowest BCUT2D eigenvalue weighted by atomic mass is 10.1. The predicted molar refractivity (Wildman–Crippen MR) is 118 cm³/mol. The lowest BCUT2D eigenvalue weighted by molar-refractivity contribution is 0.0958. The van der Waals surface area contributed by atoms with Crippen molar-refractivity contribution in [1.82, 2.24) is 20.5 Å². The second kappa shape index (κ2) is 8.19. The van der Waals surface area contributed by atoms with E-state index in [1.807, 2.05) is 23.6 Å². The van der Waals surface area contributed by atoms with Crippen LogP contribution in [0.15, 0.2) is 48.0 Å². The molecule has 0 fully saturated rings. The summed E-state index contributed by atoms with van der Waals surface area (Å²) in [5.41, 5.74) is 3.30. The molecule has 2 N–H and O–H groups in total. The number of hydrogen-bond donors (Lipinski definition) is 2. The number of rotatable bonds is 6. The molecule has 0 unspecified atom stereocenters. The molecule has 4 heterocycles. The molecule has 0 bridgehead atoms. The van der Waals surface area contributed by atoms with Gasteiger partial charge in [-0.15, -0.1) is 21.5 Å². The van der Waals surface area contributed by atoms with E-state index in [2.05, 4.69) is 31.9 Å². The van der Waals surface area contributed by atoms with Crippen LogP contribution >= 0.6 is 11.3 Å². The number of benzene rings is 1. The van der Waals surface area contributed by atoms with Gasteiger partial charge in [0.1, 0.15) is 22.8 Å². The summed E-state index contributed by atoms with van der Waals surface area (Å²) in [6, 6.07) is 11.5. The van der Waals surface area contributed by atoms with E-state index in [0.29, 0.717) is 17.4 Å². The molecule has 1 aromatic carbocycles. The Bertz CT molecular complexity index is 1270. The summed E-state index contributed by atoms with van der Waals surface area (Å²) in [6.45, 7) is 0.979. The maximum atomic E-state index is 11.8. The number of aromatic nitrogens is 3. The molecule has 0 aliphatic carbocycles. The zero-order valence-corrected chi connectivity index (χ0v) is 17.5. The van der Waals surface area contributed by atoms with E-state index in [4.69, 9.17) is 9.47 Å². The molecule has 156 valence electrons. The number of anilines is 2. The smallest absolute Gasteiger partial charge is 0.269 e. The van der Waals surface area contributed by atoms with Gasteiger partial charge in [0.2, 0.25) is 0 Å². The van der Waals surface area contributed by atoms with Crippen LogP contribution < -0.4 is 20.1 Å². The second-order valence-corrected chi connectivity index (χ2v) is 7.90. The molecule has 5 rings (SSSR count). The number of nitrogens with zero attached hydrogens (tertiary/aromatic N) is 3. The summed E-state index contributed by atoms with van der Waals surface area (Å²) in [5, 5.41) is 17.5. The van der Waals surface area contributed by atoms with Crippen LogP contribution in [0, 0.1) is 0 Å². The summed E-state index contributed by atoms with van der Waals surface area (Å²) in [5.74, 6) is 1.83. The van der Waals surface area contributed by atoms with Crippen molar-refractivity contribution in [2.45, 2.75) is 13.0 Å². The van der Waals surface area contributed by atoms with E-state index in [9.17, 15) is 4.79 Å². The highest BCUT2D eigenvalue weighted by molar-refractivity contribution is 7.17. The van der Waals surface area contributed by atoms with Gasteiger partial charge in [-0.1, -0.05) is 0 Å². The third kappa shape index (κ3) is 3.87. The maximum Gasteiger partial charge on any atom is 0.269 e. The van der Waals surface area contributed by atoms with Crippen LogP contribution in [-0.4, -0.2) is 34.7 Å². The van der Waals surface area contributed by atoms with Crippen LogP contribution in [-0.2, 0) is 13.0 Å². The van der Waals surface area contributed by atoms with Crippen molar-refractivity contribution in [1.29, 1.82) is 0 Å². The Balaban J connectivity index is 1.36. The summed E-state index contributed by atoms with van der Waals surface area (Å²) in [4.78, 5) is 15.9. The first-order valence-electron chi connectivity index (χ1n) is 9.78. The minimum absolute atomic E-state index is 0.240. The van der Waals surface area contributed by atoms with Crippen molar-refractivity contribution in [2.24, 2.45) is 0 Å². The first-order valence-corrected chi connectivity index (χ1v) is 10.7. The predicted octanol–water partition coefficient (Wildman–Crippen LogP) is 3.70. The van der Waals surface area contributed by atoms with Gasteiger partial charge in [0.25, 0.3) is 11.8 Å². The number of hydrogen-bond acceptors (Lipinski definition) is 8. The van der Waals surface area contributed by atoms with Gasteiger partial charge in [0, 0.05) is 30.7 Å². The molecule has 8 nitrogen and oxygen atoms in total. The Morgan fingerprint density at radius 2 is 2.16 bits per heavy atom. The number of ether oxygens (including phenoxy) is 2. The molecule has 1 aliphatic heterocycles. The van der Waals surface area contributed by atoms with E-state index >= 15 is 0 Å². The number of nitrogens with one attached hydrogen (secondary N) is 2. The molecule has 4 aromatic rings. The molecule has 1 amide bonds. The lowest BCUT2D eigenvalue weighted by Crippen LogP contribution is -2.19. The molecule has 0 saturated heterocycles. The summed E-state index contributed by atoms with van der Waals surface area (Å²) in [6.07, 6.45) is 2.50. The van der Waals surface area contributed by atoms with Gasteiger partial charge >= 0.3 is 0 Å². The van der Waals surface area contributed by atoms with E-state index in [-0.39, 0.29) is 12.5 Å². The zero-order valence-electron chi connectivity index (χ0n) is 16.7. The molecule has 0 radical (unpaired) electrons. The molecule has 9 heteroatoms. The summed E-state index contributed by atoms with van der Waals surface area (Å²) >= 11 is 1.54. The summed E-state index contributed by atoms with van der Waals surface area (Å²) in [7, 11) is 1.57. The number of pyridine rings is 1. The Kier molecular flexibility index (Phi) is 5.09. The quantitative estimate of drug-likeness (QED) is 0.478. The fraction of sp³-hybridized carbons (Fsp3) is 0.182. The van der Waals surface area contributed by atoms with Gasteiger partial charge in [-0.05, 0) is 52.9 Å². The van der Waals surface area contributed by atoms with Gasteiger partial charge in [-0.25, -0.2) is 0 Å². The largest absolute Gasteiger partial charge is 0.493 e. The van der Waals surface area contributed by atoms with Crippen molar-refractivity contribution in [2.75, 3.05) is 19.0 Å². The number of carbonyl (C=O) groups is 1. The molecule has 0 spiro atoms. The van der Waals surface area contributed by atoms with Gasteiger partial charge < -0.3 is 20.1 Å². The van der Waals surface area contributed by atoms with Crippen molar-refractivity contribution in [3.8, 4) is 11.6 Å². The van der Waals surface area contributed by atoms with E-state index < -0.39 is 0 Å². The zero-order chi connectivity index (χ0) is 21.2. The minimum atomic E-state index is -0.240. The summed E-state index contributed by atoms with van der Waals surface area (Å²) < 4.78 is 12.4. The van der Waals surface area contributed by atoms with Crippen LogP contribution in [0.1, 0.15) is 21.6 Å². The number of carbonyl (C=O) groups excluding carboxylic acids is 1. The molecule has 31 heavy (non-hydrogen) atoms. The number of amides is 1. The Labute approximate surface area is 182 Å². The SMILES string of the molecule is CNC(=O)c1cc(COc2nnc(Nc3ccc4c(c3)CCO4)c3ccsc23)ccn1. The fourth-order valence-corrected chi connectivity index (χ4v) is 4.24. The highest BCUT2D eigenvalue weighted by Gasteiger charge is 2.15. The Hall–Kier alpha value is -3.72. The molecule has 3 aromatic heterocycles. The van der Waals surface area contributed by atoms with Gasteiger partial charge in [-0.2, -0.15) is 0 Å². The Morgan fingerprint density at radius 1 is 1.23 bits per heavy atom. The van der Waals surface area contributed by atoms with Crippen LogP contribution in [0.2, 0.25) is 0 Å². The highest BCUT2D eigenvalue weighted by Crippen LogP contribution is 2.35. The first-order chi connectivity index (χ1) is 15.2. The highest BCUT2D eigenvalue weighted by atomic mass is 32.1. The lowest BCUT2D eigenvalue weighted by Gasteiger charge is -2.10. The monoisotopic (exact) mass is 433 g/mol. The van der Waals surface area contributed by atoms with Crippen molar-refractivity contribution in [3.63, 3.8) is 0 Å². The second-order valence-electron chi connectivity index (χ2n) is 6.98. The maximum absolute atomic E-state index is 11.8. The molecule has 0 saturated carbocycles. The third-order valence-corrected chi connectivity index (χ3v) is 5.87. The van der Waals surface area contributed by atoms with Crippen molar-refractivity contribution in [3.05, 3.63) is 64.8 Å². The molecular weight excluding hydrogens is 414 g/mol. The fourth-order valence-electron chi connectivity index (χ4n) is 3.41. The van der Waals surface area contributed by atoms with Crippen molar-refractivity contribution >= 4 is 38.8 Å². The van der Waals surface area contributed by atoms with E-state index in [1.165, 1.54) is 5.56 Å². The average Bonchev–Trinajstić information content (AvgIpc) is 3.48. The minimum Gasteiger partial charge on any atom is -0.493 e. The molecular formula is C22H19N5O3S. The normalized spacial score (nSPS) is 12.3. The van der Waals surface area contributed by atoms with Crippen LogP contribution in [0.25, 0.3) is 10.1 Å². The number of fused-ring (bicyclic) bond motifs is 2. The Morgan fingerprint density at radius 3 is 3.06 bits per heavy atom. The van der Waals surface area contributed by atoms with Gasteiger partial charge in [-0.3, -0.25) is 9.78 Å². The van der Waals surface area contributed by atoms with Crippen molar-refractivity contribution < 1.29 is 14.3 Å². The van der Waals surface area contributed by atoms with E-state index in [1.54, 1.807) is 36.7 Å². The van der Waals surface area contributed by atoms with Crippen LogP contribution in [0.4, 0.5) is 11.5 Å². The first kappa shape index (κ1) is 19.3. The van der Waals surface area contributed by atoms with Crippen LogP contribution in [0.3, 0.4) is 0 Å². The third-order valence-electron chi connectivity index (χ3n) is 4.97. The van der Waals surface area contributed by atoms with Gasteiger partial charge in [0.05, 0.1) is 6.61 Å². The topological polar surface area (TPSA) is 98.3 Å². The molecule has 0 atom stereocenters.